The van der Waals surface area contributed by atoms with E-state index in [2.05, 4.69) is 4.90 Å². The minimum atomic E-state index is -0.731. The third kappa shape index (κ3) is 4.16. The zero-order chi connectivity index (χ0) is 15.2. The SMILES string of the molecule is O=C(O)C1CCN(CCOc2ccccc2[N+](=O)[O-])CC1. The van der Waals surface area contributed by atoms with Crippen molar-refractivity contribution >= 4 is 11.7 Å². The number of hydrogen-bond acceptors (Lipinski definition) is 5. The van der Waals surface area contributed by atoms with Crippen LogP contribution in [0.15, 0.2) is 24.3 Å². The van der Waals surface area contributed by atoms with E-state index < -0.39 is 10.9 Å². The topological polar surface area (TPSA) is 92.9 Å². The van der Waals surface area contributed by atoms with Gasteiger partial charge in [-0.1, -0.05) is 12.1 Å². The molecule has 21 heavy (non-hydrogen) atoms. The number of carbonyl (C=O) groups is 1. The summed E-state index contributed by atoms with van der Waals surface area (Å²) in [5.41, 5.74) is -0.0397. The molecule has 1 fully saturated rings. The first-order chi connectivity index (χ1) is 10.1. The lowest BCUT2D eigenvalue weighted by Gasteiger charge is -2.29. The molecule has 0 radical (unpaired) electrons. The highest BCUT2D eigenvalue weighted by Crippen LogP contribution is 2.25. The predicted octanol–water partition coefficient (Wildman–Crippen LogP) is 1.77. The van der Waals surface area contributed by atoms with Crippen molar-refractivity contribution in [3.05, 3.63) is 34.4 Å². The minimum absolute atomic E-state index is 0.0397. The van der Waals surface area contributed by atoms with Gasteiger partial charge in [-0.2, -0.15) is 0 Å². The molecular formula is C14H18N2O5. The van der Waals surface area contributed by atoms with Gasteiger partial charge in [-0.3, -0.25) is 19.8 Å². The third-order valence-corrected chi connectivity index (χ3v) is 3.66. The summed E-state index contributed by atoms with van der Waals surface area (Å²) in [5, 5.41) is 19.8. The van der Waals surface area contributed by atoms with Gasteiger partial charge in [-0.25, -0.2) is 0 Å². The van der Waals surface area contributed by atoms with E-state index in [1.807, 2.05) is 0 Å². The first-order valence-corrected chi connectivity index (χ1v) is 6.89. The van der Waals surface area contributed by atoms with Crippen LogP contribution in [0.5, 0.6) is 5.75 Å². The van der Waals surface area contributed by atoms with Crippen molar-refractivity contribution in [2.45, 2.75) is 12.8 Å². The lowest BCUT2D eigenvalue weighted by Crippen LogP contribution is -2.38. The van der Waals surface area contributed by atoms with Crippen LogP contribution < -0.4 is 4.74 Å². The highest BCUT2D eigenvalue weighted by atomic mass is 16.6. The molecule has 1 N–H and O–H groups in total. The Bertz CT molecular complexity index is 512. The molecule has 0 aromatic heterocycles. The number of benzene rings is 1. The Kier molecular flexibility index (Phi) is 5.10. The van der Waals surface area contributed by atoms with Crippen LogP contribution in [0.1, 0.15) is 12.8 Å². The van der Waals surface area contributed by atoms with Gasteiger partial charge in [0.05, 0.1) is 10.8 Å². The number of ether oxygens (including phenoxy) is 1. The summed E-state index contributed by atoms with van der Waals surface area (Å²) in [6.45, 7) is 2.43. The van der Waals surface area contributed by atoms with Crippen molar-refractivity contribution < 1.29 is 19.6 Å². The van der Waals surface area contributed by atoms with E-state index in [9.17, 15) is 14.9 Å². The van der Waals surface area contributed by atoms with Gasteiger partial charge < -0.3 is 9.84 Å². The molecule has 1 saturated heterocycles. The average molecular weight is 294 g/mol. The summed E-state index contributed by atoms with van der Waals surface area (Å²) in [6.07, 6.45) is 1.28. The second-order valence-corrected chi connectivity index (χ2v) is 5.03. The predicted molar refractivity (Wildman–Crippen MR) is 75.4 cm³/mol. The highest BCUT2D eigenvalue weighted by Gasteiger charge is 2.24. The van der Waals surface area contributed by atoms with Gasteiger partial charge in [0.25, 0.3) is 0 Å². The number of piperidine rings is 1. The third-order valence-electron chi connectivity index (χ3n) is 3.66. The Hall–Kier alpha value is -2.15. The molecule has 2 rings (SSSR count). The number of likely N-dealkylation sites (tertiary alicyclic amines) is 1. The molecule has 0 bridgehead atoms. The summed E-state index contributed by atoms with van der Waals surface area (Å²) in [7, 11) is 0. The molecule has 1 aliphatic heterocycles. The van der Waals surface area contributed by atoms with Crippen LogP contribution in [0.3, 0.4) is 0 Å². The number of para-hydroxylation sites is 2. The Morgan fingerprint density at radius 1 is 1.38 bits per heavy atom. The molecule has 1 aromatic carbocycles. The Balaban J connectivity index is 1.78. The van der Waals surface area contributed by atoms with Crippen LogP contribution in [-0.2, 0) is 4.79 Å². The molecule has 0 saturated carbocycles. The normalized spacial score (nSPS) is 16.6. The van der Waals surface area contributed by atoms with E-state index in [4.69, 9.17) is 9.84 Å². The molecule has 0 atom stereocenters. The second-order valence-electron chi connectivity index (χ2n) is 5.03. The van der Waals surface area contributed by atoms with Crippen molar-refractivity contribution in [1.82, 2.24) is 4.90 Å². The van der Waals surface area contributed by atoms with Gasteiger partial charge in [-0.15, -0.1) is 0 Å². The first-order valence-electron chi connectivity index (χ1n) is 6.89. The maximum Gasteiger partial charge on any atom is 0.310 e. The quantitative estimate of drug-likeness (QED) is 0.635. The number of nitrogens with zero attached hydrogens (tertiary/aromatic N) is 2. The number of hydrogen-bond donors (Lipinski definition) is 1. The largest absolute Gasteiger partial charge is 0.485 e. The van der Waals surface area contributed by atoms with Crippen molar-refractivity contribution in [3.63, 3.8) is 0 Å². The number of rotatable bonds is 6. The van der Waals surface area contributed by atoms with Gasteiger partial charge >= 0.3 is 11.7 Å². The van der Waals surface area contributed by atoms with Gasteiger partial charge in [0, 0.05) is 12.6 Å². The molecule has 114 valence electrons. The fourth-order valence-electron chi connectivity index (χ4n) is 2.42. The molecule has 1 aromatic rings. The summed E-state index contributed by atoms with van der Waals surface area (Å²) >= 11 is 0. The van der Waals surface area contributed by atoms with E-state index in [0.29, 0.717) is 26.0 Å². The molecular weight excluding hydrogens is 276 g/mol. The molecule has 0 amide bonds. The zero-order valence-electron chi connectivity index (χ0n) is 11.6. The Morgan fingerprint density at radius 3 is 2.67 bits per heavy atom. The molecule has 7 heteroatoms. The van der Waals surface area contributed by atoms with E-state index in [1.54, 1.807) is 18.2 Å². The monoisotopic (exact) mass is 294 g/mol. The van der Waals surface area contributed by atoms with E-state index in [0.717, 1.165) is 13.1 Å². The molecule has 0 aliphatic carbocycles. The number of carboxylic acid groups (broad SMARTS) is 1. The smallest absolute Gasteiger partial charge is 0.310 e. The van der Waals surface area contributed by atoms with Crippen molar-refractivity contribution in [3.8, 4) is 5.75 Å². The number of aliphatic carboxylic acids is 1. The lowest BCUT2D eigenvalue weighted by molar-refractivity contribution is -0.385. The van der Waals surface area contributed by atoms with Crippen LogP contribution in [-0.4, -0.2) is 47.1 Å². The fourth-order valence-corrected chi connectivity index (χ4v) is 2.42. The van der Waals surface area contributed by atoms with Crippen molar-refractivity contribution in [2.75, 3.05) is 26.2 Å². The van der Waals surface area contributed by atoms with Crippen LogP contribution in [0, 0.1) is 16.0 Å². The van der Waals surface area contributed by atoms with Crippen LogP contribution in [0.4, 0.5) is 5.69 Å². The number of nitro groups is 1. The molecule has 0 unspecified atom stereocenters. The maximum atomic E-state index is 10.9. The summed E-state index contributed by atoms with van der Waals surface area (Å²) in [5.74, 6) is -0.717. The number of carboxylic acids is 1. The van der Waals surface area contributed by atoms with Crippen molar-refractivity contribution in [2.24, 2.45) is 5.92 Å². The molecule has 1 aliphatic rings. The van der Waals surface area contributed by atoms with Gasteiger partial charge in [-0.05, 0) is 32.0 Å². The highest BCUT2D eigenvalue weighted by molar-refractivity contribution is 5.70. The van der Waals surface area contributed by atoms with E-state index in [-0.39, 0.29) is 17.4 Å². The van der Waals surface area contributed by atoms with Crippen LogP contribution in [0.25, 0.3) is 0 Å². The fraction of sp³-hybridized carbons (Fsp3) is 0.500. The zero-order valence-corrected chi connectivity index (χ0v) is 11.6. The van der Waals surface area contributed by atoms with Gasteiger partial charge in [0.15, 0.2) is 5.75 Å². The average Bonchev–Trinajstić information content (AvgIpc) is 2.48. The summed E-state index contributed by atoms with van der Waals surface area (Å²) in [6, 6.07) is 6.28. The van der Waals surface area contributed by atoms with E-state index in [1.165, 1.54) is 6.07 Å². The Morgan fingerprint density at radius 2 is 2.05 bits per heavy atom. The van der Waals surface area contributed by atoms with Crippen molar-refractivity contribution in [1.29, 1.82) is 0 Å². The minimum Gasteiger partial charge on any atom is -0.485 e. The standard InChI is InChI=1S/C14H18N2O5/c17-14(18)11-5-7-15(8-6-11)9-10-21-13-4-2-1-3-12(13)16(19)20/h1-4,11H,5-10H2,(H,17,18). The lowest BCUT2D eigenvalue weighted by atomic mass is 9.97. The second kappa shape index (κ2) is 7.03. The number of nitro benzene ring substituents is 1. The van der Waals surface area contributed by atoms with Gasteiger partial charge in [0.2, 0.25) is 0 Å². The maximum absolute atomic E-state index is 10.9. The van der Waals surface area contributed by atoms with Gasteiger partial charge in [0.1, 0.15) is 6.61 Å². The van der Waals surface area contributed by atoms with Crippen LogP contribution in [0.2, 0.25) is 0 Å². The Labute approximate surface area is 122 Å². The summed E-state index contributed by atoms with van der Waals surface area (Å²) in [4.78, 5) is 23.4. The molecule has 0 spiro atoms. The first kappa shape index (κ1) is 15.2. The van der Waals surface area contributed by atoms with Crippen LogP contribution >= 0.6 is 0 Å². The summed E-state index contributed by atoms with van der Waals surface area (Å²) < 4.78 is 5.48. The van der Waals surface area contributed by atoms with E-state index >= 15 is 0 Å². The molecule has 7 nitrogen and oxygen atoms in total. The molecule has 1 heterocycles.